The number of hydrogen-bond acceptors (Lipinski definition) is 3. The molecule has 1 fully saturated rings. The number of ether oxygens (including phenoxy) is 2. The molecule has 1 aliphatic heterocycles. The van der Waals surface area contributed by atoms with Gasteiger partial charge in [-0.2, -0.15) is 0 Å². The van der Waals surface area contributed by atoms with Gasteiger partial charge in [-0.3, -0.25) is 4.90 Å². The normalized spacial score (nSPS) is 20.9. The highest BCUT2D eigenvalue weighted by molar-refractivity contribution is 9.10. The second-order valence-corrected chi connectivity index (χ2v) is 5.37. The maximum Gasteiger partial charge on any atom is 0.193 e. The molecule has 1 saturated heterocycles. The highest BCUT2D eigenvalue weighted by atomic mass is 79.9. The van der Waals surface area contributed by atoms with E-state index in [0.29, 0.717) is 6.04 Å². The number of hydrogen-bond donors (Lipinski definition) is 0. The van der Waals surface area contributed by atoms with Crippen molar-refractivity contribution in [2.45, 2.75) is 18.8 Å². The van der Waals surface area contributed by atoms with Crippen LogP contribution in [0.5, 0.6) is 0 Å². The lowest BCUT2D eigenvalue weighted by Crippen LogP contribution is -2.64. The van der Waals surface area contributed by atoms with Gasteiger partial charge in [-0.15, -0.1) is 0 Å². The molecule has 2 rings (SSSR count). The van der Waals surface area contributed by atoms with Crippen molar-refractivity contribution in [1.82, 2.24) is 4.90 Å². The maximum absolute atomic E-state index is 5.39. The number of nitrogens with zero attached hydrogens (tertiary/aromatic N) is 1. The molecule has 1 aliphatic rings. The summed E-state index contributed by atoms with van der Waals surface area (Å²) in [6, 6.07) is 8.79. The Morgan fingerprint density at radius 1 is 1.29 bits per heavy atom. The number of halogens is 1. The molecule has 1 unspecified atom stereocenters. The van der Waals surface area contributed by atoms with Gasteiger partial charge < -0.3 is 9.47 Å². The second-order valence-electron chi connectivity index (χ2n) is 4.45. The SMILES string of the molecule is COC1(OC)CN(C(C)c2cccc(Br)c2)C1. The summed E-state index contributed by atoms with van der Waals surface area (Å²) in [6.45, 7) is 3.83. The van der Waals surface area contributed by atoms with Crippen LogP contribution in [0.15, 0.2) is 28.7 Å². The van der Waals surface area contributed by atoms with E-state index in [9.17, 15) is 0 Å². The zero-order valence-corrected chi connectivity index (χ0v) is 12.0. The van der Waals surface area contributed by atoms with Crippen molar-refractivity contribution >= 4 is 15.9 Å². The molecule has 0 N–H and O–H groups in total. The van der Waals surface area contributed by atoms with Gasteiger partial charge in [-0.1, -0.05) is 28.1 Å². The van der Waals surface area contributed by atoms with Gasteiger partial charge >= 0.3 is 0 Å². The van der Waals surface area contributed by atoms with Crippen LogP contribution in [-0.4, -0.2) is 38.0 Å². The molecule has 1 aromatic carbocycles. The monoisotopic (exact) mass is 299 g/mol. The minimum Gasteiger partial charge on any atom is -0.351 e. The van der Waals surface area contributed by atoms with Crippen molar-refractivity contribution < 1.29 is 9.47 Å². The van der Waals surface area contributed by atoms with E-state index in [-0.39, 0.29) is 0 Å². The predicted octanol–water partition coefficient (Wildman–Crippen LogP) is 2.81. The van der Waals surface area contributed by atoms with Crippen LogP contribution >= 0.6 is 15.9 Å². The summed E-state index contributed by atoms with van der Waals surface area (Å²) in [5.41, 5.74) is 1.31. The van der Waals surface area contributed by atoms with E-state index in [1.165, 1.54) is 5.56 Å². The Hall–Kier alpha value is -0.420. The van der Waals surface area contributed by atoms with Crippen LogP contribution in [0.1, 0.15) is 18.5 Å². The minimum atomic E-state index is -0.403. The van der Waals surface area contributed by atoms with Gasteiger partial charge in [0.05, 0.1) is 13.1 Å². The number of rotatable bonds is 4. The number of methoxy groups -OCH3 is 2. The molecular weight excluding hydrogens is 282 g/mol. The Labute approximate surface area is 111 Å². The molecule has 0 saturated carbocycles. The quantitative estimate of drug-likeness (QED) is 0.798. The van der Waals surface area contributed by atoms with Gasteiger partial charge in [-0.05, 0) is 24.6 Å². The third-order valence-corrected chi connectivity index (χ3v) is 4.00. The standard InChI is InChI=1S/C13H18BrNO2/c1-10(11-5-4-6-12(14)7-11)15-8-13(9-15,16-2)17-3/h4-7,10H,8-9H2,1-3H3. The lowest BCUT2D eigenvalue weighted by molar-refractivity contribution is -0.282. The first-order valence-corrected chi connectivity index (χ1v) is 6.49. The van der Waals surface area contributed by atoms with Crippen molar-refractivity contribution in [1.29, 1.82) is 0 Å². The summed E-state index contributed by atoms with van der Waals surface area (Å²) in [7, 11) is 3.40. The van der Waals surface area contributed by atoms with E-state index >= 15 is 0 Å². The largest absolute Gasteiger partial charge is 0.351 e. The van der Waals surface area contributed by atoms with Crippen molar-refractivity contribution in [2.24, 2.45) is 0 Å². The predicted molar refractivity (Wildman–Crippen MR) is 70.9 cm³/mol. The molecule has 1 atom stereocenters. The molecular formula is C13H18BrNO2. The van der Waals surface area contributed by atoms with E-state index in [0.717, 1.165) is 17.6 Å². The summed E-state index contributed by atoms with van der Waals surface area (Å²) in [5.74, 6) is -0.403. The fourth-order valence-corrected chi connectivity index (χ4v) is 2.58. The smallest absolute Gasteiger partial charge is 0.193 e. The van der Waals surface area contributed by atoms with Gasteiger partial charge in [0.15, 0.2) is 5.79 Å². The van der Waals surface area contributed by atoms with Crippen LogP contribution in [0, 0.1) is 0 Å². The Morgan fingerprint density at radius 3 is 2.47 bits per heavy atom. The first-order chi connectivity index (χ1) is 8.10. The fourth-order valence-electron chi connectivity index (χ4n) is 2.17. The lowest BCUT2D eigenvalue weighted by Gasteiger charge is -2.50. The van der Waals surface area contributed by atoms with Gasteiger partial charge in [0, 0.05) is 24.7 Å². The van der Waals surface area contributed by atoms with Crippen LogP contribution in [0.25, 0.3) is 0 Å². The van der Waals surface area contributed by atoms with E-state index in [2.05, 4.69) is 46.0 Å². The highest BCUT2D eigenvalue weighted by Crippen LogP contribution is 2.33. The molecule has 17 heavy (non-hydrogen) atoms. The number of likely N-dealkylation sites (tertiary alicyclic amines) is 1. The van der Waals surface area contributed by atoms with Crippen LogP contribution in [0.2, 0.25) is 0 Å². The van der Waals surface area contributed by atoms with Gasteiger partial charge in [0.2, 0.25) is 0 Å². The zero-order chi connectivity index (χ0) is 12.5. The van der Waals surface area contributed by atoms with Gasteiger partial charge in [0.25, 0.3) is 0 Å². The molecule has 3 nitrogen and oxygen atoms in total. The molecule has 0 spiro atoms. The lowest BCUT2D eigenvalue weighted by atomic mass is 9.99. The Morgan fingerprint density at radius 2 is 1.94 bits per heavy atom. The number of benzene rings is 1. The van der Waals surface area contributed by atoms with E-state index in [4.69, 9.17) is 9.47 Å². The Balaban J connectivity index is 2.02. The van der Waals surface area contributed by atoms with E-state index in [1.54, 1.807) is 14.2 Å². The molecule has 0 bridgehead atoms. The Kier molecular flexibility index (Phi) is 3.88. The fraction of sp³-hybridized carbons (Fsp3) is 0.538. The summed E-state index contributed by atoms with van der Waals surface area (Å²) in [6.07, 6.45) is 0. The van der Waals surface area contributed by atoms with Crippen molar-refractivity contribution in [3.05, 3.63) is 34.3 Å². The third-order valence-electron chi connectivity index (χ3n) is 3.51. The van der Waals surface area contributed by atoms with Crippen LogP contribution < -0.4 is 0 Å². The Bertz CT molecular complexity index is 385. The topological polar surface area (TPSA) is 21.7 Å². The minimum absolute atomic E-state index is 0.380. The van der Waals surface area contributed by atoms with Crippen LogP contribution in [0.3, 0.4) is 0 Å². The average molecular weight is 300 g/mol. The van der Waals surface area contributed by atoms with Crippen molar-refractivity contribution in [3.8, 4) is 0 Å². The molecule has 0 amide bonds. The first kappa shape index (κ1) is 13.0. The van der Waals surface area contributed by atoms with Crippen molar-refractivity contribution in [2.75, 3.05) is 27.3 Å². The molecule has 0 aromatic heterocycles. The average Bonchev–Trinajstić information content (AvgIpc) is 2.29. The highest BCUT2D eigenvalue weighted by Gasteiger charge is 2.45. The summed E-state index contributed by atoms with van der Waals surface area (Å²) < 4.78 is 11.9. The maximum atomic E-state index is 5.39. The summed E-state index contributed by atoms with van der Waals surface area (Å²) in [4.78, 5) is 2.34. The summed E-state index contributed by atoms with van der Waals surface area (Å²) in [5, 5.41) is 0. The van der Waals surface area contributed by atoms with E-state index < -0.39 is 5.79 Å². The molecule has 0 aliphatic carbocycles. The molecule has 1 heterocycles. The van der Waals surface area contributed by atoms with Crippen LogP contribution in [-0.2, 0) is 9.47 Å². The molecule has 4 heteroatoms. The third kappa shape index (κ3) is 2.55. The van der Waals surface area contributed by atoms with Gasteiger partial charge in [-0.25, -0.2) is 0 Å². The molecule has 0 radical (unpaired) electrons. The second kappa shape index (κ2) is 5.06. The first-order valence-electron chi connectivity index (χ1n) is 5.70. The van der Waals surface area contributed by atoms with Gasteiger partial charge in [0.1, 0.15) is 0 Å². The summed E-state index contributed by atoms with van der Waals surface area (Å²) >= 11 is 3.50. The zero-order valence-electron chi connectivity index (χ0n) is 10.4. The molecule has 1 aromatic rings. The van der Waals surface area contributed by atoms with Crippen LogP contribution in [0.4, 0.5) is 0 Å². The van der Waals surface area contributed by atoms with Crippen molar-refractivity contribution in [3.63, 3.8) is 0 Å². The van der Waals surface area contributed by atoms with E-state index in [1.807, 2.05) is 6.07 Å². The molecule has 94 valence electrons.